The van der Waals surface area contributed by atoms with Gasteiger partial charge in [0.25, 0.3) is 0 Å². The van der Waals surface area contributed by atoms with Crippen molar-refractivity contribution in [3.8, 4) is 0 Å². The number of aliphatic hydroxyl groups excluding tert-OH is 2. The molecule has 2 nitrogen and oxygen atoms in total. The summed E-state index contributed by atoms with van der Waals surface area (Å²) >= 11 is 3.30. The Hall–Kier alpha value is -0.450. The molecule has 1 aromatic rings. The summed E-state index contributed by atoms with van der Waals surface area (Å²) in [6.45, 7) is 1.65. The number of rotatable bonds is 5. The molecule has 90 valence electrons. The Labute approximate surface area is 103 Å². The van der Waals surface area contributed by atoms with E-state index in [9.17, 15) is 9.50 Å². The first kappa shape index (κ1) is 13.6. The van der Waals surface area contributed by atoms with E-state index in [0.29, 0.717) is 12.0 Å². The number of hydrogen-bond donors (Lipinski definition) is 2. The van der Waals surface area contributed by atoms with Gasteiger partial charge in [-0.2, -0.15) is 0 Å². The summed E-state index contributed by atoms with van der Waals surface area (Å²) in [7, 11) is 0. The van der Waals surface area contributed by atoms with E-state index in [1.54, 1.807) is 12.1 Å². The van der Waals surface area contributed by atoms with Crippen LogP contribution in [0, 0.1) is 5.82 Å². The van der Waals surface area contributed by atoms with Crippen LogP contribution in [0.1, 0.15) is 31.2 Å². The summed E-state index contributed by atoms with van der Waals surface area (Å²) in [5.74, 6) is -0.333. The summed E-state index contributed by atoms with van der Waals surface area (Å²) in [5.41, 5.74) is 0.587. The van der Waals surface area contributed by atoms with Gasteiger partial charge in [0, 0.05) is 4.47 Å². The molecule has 16 heavy (non-hydrogen) atoms. The topological polar surface area (TPSA) is 40.5 Å². The Balaban J connectivity index is 2.89. The number of hydrogen-bond acceptors (Lipinski definition) is 2. The highest BCUT2D eigenvalue weighted by Crippen LogP contribution is 2.29. The van der Waals surface area contributed by atoms with Crippen LogP contribution >= 0.6 is 15.9 Å². The van der Waals surface area contributed by atoms with E-state index < -0.39 is 6.10 Å². The van der Waals surface area contributed by atoms with Gasteiger partial charge in [0.2, 0.25) is 0 Å². The molecule has 1 aromatic carbocycles. The Bertz CT molecular complexity index is 344. The van der Waals surface area contributed by atoms with Crippen LogP contribution in [0.25, 0.3) is 0 Å². The number of aliphatic hydroxyl groups is 2. The molecule has 2 unspecified atom stereocenters. The molecule has 0 aliphatic carbocycles. The fraction of sp³-hybridized carbons (Fsp3) is 0.500. The predicted octanol–water partition coefficient (Wildman–Crippen LogP) is 2.83. The van der Waals surface area contributed by atoms with Crippen molar-refractivity contribution < 1.29 is 14.6 Å². The standard InChI is InChI=1S/C12H16BrFO2/c1-2-8(5-10(16)7-15)11-6-9(13)3-4-12(11)14/h3-4,6,8,10,15-16H,2,5,7H2,1H3. The van der Waals surface area contributed by atoms with E-state index in [0.717, 1.165) is 10.9 Å². The third-order valence-corrected chi connectivity index (χ3v) is 3.15. The van der Waals surface area contributed by atoms with E-state index in [1.807, 2.05) is 6.92 Å². The number of halogens is 2. The minimum atomic E-state index is -0.789. The highest BCUT2D eigenvalue weighted by atomic mass is 79.9. The minimum absolute atomic E-state index is 0.0698. The maximum Gasteiger partial charge on any atom is 0.126 e. The average molecular weight is 291 g/mol. The molecule has 0 aliphatic heterocycles. The maximum atomic E-state index is 13.6. The van der Waals surface area contributed by atoms with Gasteiger partial charge in [0.15, 0.2) is 0 Å². The third-order valence-electron chi connectivity index (χ3n) is 2.66. The molecule has 0 saturated carbocycles. The molecule has 0 heterocycles. The van der Waals surface area contributed by atoms with Gasteiger partial charge in [-0.25, -0.2) is 4.39 Å². The highest BCUT2D eigenvalue weighted by Gasteiger charge is 2.18. The van der Waals surface area contributed by atoms with Crippen LogP contribution in [0.3, 0.4) is 0 Å². The summed E-state index contributed by atoms with van der Waals surface area (Å²) in [5, 5.41) is 18.2. The molecule has 0 aliphatic rings. The second-order valence-electron chi connectivity index (χ2n) is 3.84. The van der Waals surface area contributed by atoms with Crippen molar-refractivity contribution in [1.82, 2.24) is 0 Å². The number of benzene rings is 1. The van der Waals surface area contributed by atoms with E-state index in [-0.39, 0.29) is 18.3 Å². The van der Waals surface area contributed by atoms with E-state index in [4.69, 9.17) is 5.11 Å². The zero-order chi connectivity index (χ0) is 12.1. The van der Waals surface area contributed by atoms with Gasteiger partial charge in [0.1, 0.15) is 5.82 Å². The zero-order valence-electron chi connectivity index (χ0n) is 9.16. The lowest BCUT2D eigenvalue weighted by molar-refractivity contribution is 0.0814. The molecule has 0 radical (unpaired) electrons. The van der Waals surface area contributed by atoms with Crippen molar-refractivity contribution in [3.63, 3.8) is 0 Å². The van der Waals surface area contributed by atoms with Crippen LogP contribution < -0.4 is 0 Å². The summed E-state index contributed by atoms with van der Waals surface area (Å²) in [6.07, 6.45) is 0.313. The van der Waals surface area contributed by atoms with Crippen LogP contribution in [0.4, 0.5) is 4.39 Å². The molecule has 0 saturated heterocycles. The monoisotopic (exact) mass is 290 g/mol. The summed E-state index contributed by atoms with van der Waals surface area (Å²) < 4.78 is 14.4. The fourth-order valence-corrected chi connectivity index (χ4v) is 2.12. The molecule has 0 aromatic heterocycles. The SMILES string of the molecule is CCC(CC(O)CO)c1cc(Br)ccc1F. The molecular formula is C12H16BrFO2. The summed E-state index contributed by atoms with van der Waals surface area (Å²) in [4.78, 5) is 0. The predicted molar refractivity (Wildman–Crippen MR) is 64.8 cm³/mol. The van der Waals surface area contributed by atoms with Crippen LogP contribution in [0.2, 0.25) is 0 Å². The Morgan fingerprint density at radius 2 is 2.12 bits per heavy atom. The summed E-state index contributed by atoms with van der Waals surface area (Å²) in [6, 6.07) is 4.79. The van der Waals surface area contributed by atoms with Crippen molar-refractivity contribution in [3.05, 3.63) is 34.1 Å². The molecular weight excluding hydrogens is 275 g/mol. The van der Waals surface area contributed by atoms with Crippen LogP contribution in [-0.2, 0) is 0 Å². The highest BCUT2D eigenvalue weighted by molar-refractivity contribution is 9.10. The average Bonchev–Trinajstić information content (AvgIpc) is 2.29. The Morgan fingerprint density at radius 1 is 1.44 bits per heavy atom. The van der Waals surface area contributed by atoms with Gasteiger partial charge in [-0.05, 0) is 42.5 Å². The molecule has 0 amide bonds. The third kappa shape index (κ3) is 3.54. The lowest BCUT2D eigenvalue weighted by Crippen LogP contribution is -2.16. The molecule has 1 rings (SSSR count). The lowest BCUT2D eigenvalue weighted by Gasteiger charge is -2.19. The van der Waals surface area contributed by atoms with Gasteiger partial charge in [-0.3, -0.25) is 0 Å². The molecule has 2 atom stereocenters. The normalized spacial score (nSPS) is 14.8. The van der Waals surface area contributed by atoms with E-state index in [2.05, 4.69) is 15.9 Å². The molecule has 2 N–H and O–H groups in total. The largest absolute Gasteiger partial charge is 0.394 e. The van der Waals surface area contributed by atoms with E-state index in [1.165, 1.54) is 6.07 Å². The molecule has 0 fully saturated rings. The van der Waals surface area contributed by atoms with E-state index >= 15 is 0 Å². The van der Waals surface area contributed by atoms with Gasteiger partial charge < -0.3 is 10.2 Å². The van der Waals surface area contributed by atoms with Gasteiger partial charge in [0.05, 0.1) is 12.7 Å². The Morgan fingerprint density at radius 3 is 2.69 bits per heavy atom. The van der Waals surface area contributed by atoms with Crippen molar-refractivity contribution >= 4 is 15.9 Å². The van der Waals surface area contributed by atoms with Gasteiger partial charge >= 0.3 is 0 Å². The first-order valence-electron chi connectivity index (χ1n) is 5.32. The molecule has 4 heteroatoms. The lowest BCUT2D eigenvalue weighted by atomic mass is 9.90. The second kappa shape index (κ2) is 6.33. The molecule has 0 spiro atoms. The maximum absolute atomic E-state index is 13.6. The van der Waals surface area contributed by atoms with Gasteiger partial charge in [-0.1, -0.05) is 22.9 Å². The smallest absolute Gasteiger partial charge is 0.126 e. The zero-order valence-corrected chi connectivity index (χ0v) is 10.7. The van der Waals surface area contributed by atoms with Crippen molar-refractivity contribution in [2.45, 2.75) is 31.8 Å². The van der Waals surface area contributed by atoms with Crippen molar-refractivity contribution in [2.75, 3.05) is 6.61 Å². The van der Waals surface area contributed by atoms with Gasteiger partial charge in [-0.15, -0.1) is 0 Å². The fourth-order valence-electron chi connectivity index (χ4n) is 1.74. The Kier molecular flexibility index (Phi) is 5.38. The van der Waals surface area contributed by atoms with Crippen LogP contribution in [0.15, 0.2) is 22.7 Å². The first-order chi connectivity index (χ1) is 7.58. The molecule has 0 bridgehead atoms. The van der Waals surface area contributed by atoms with Crippen LogP contribution in [0.5, 0.6) is 0 Å². The quantitative estimate of drug-likeness (QED) is 0.875. The minimum Gasteiger partial charge on any atom is -0.394 e. The van der Waals surface area contributed by atoms with Crippen LogP contribution in [-0.4, -0.2) is 22.9 Å². The second-order valence-corrected chi connectivity index (χ2v) is 4.76. The first-order valence-corrected chi connectivity index (χ1v) is 6.11. The van der Waals surface area contributed by atoms with Crippen molar-refractivity contribution in [1.29, 1.82) is 0 Å². The van der Waals surface area contributed by atoms with Crippen molar-refractivity contribution in [2.24, 2.45) is 0 Å².